The van der Waals surface area contributed by atoms with Crippen LogP contribution in [0.25, 0.3) is 0 Å². The van der Waals surface area contributed by atoms with Gasteiger partial charge in [0.25, 0.3) is 0 Å². The molecule has 0 fully saturated rings. The van der Waals surface area contributed by atoms with Crippen molar-refractivity contribution in [2.24, 2.45) is 5.10 Å². The van der Waals surface area contributed by atoms with E-state index in [2.05, 4.69) is 9.82 Å². The van der Waals surface area contributed by atoms with Crippen LogP contribution >= 0.6 is 0 Å². The second-order valence-electron chi connectivity index (χ2n) is 6.70. The van der Waals surface area contributed by atoms with Crippen LogP contribution in [0.2, 0.25) is 0 Å². The number of nitrogens with zero attached hydrogens (tertiary/aromatic N) is 2. The van der Waals surface area contributed by atoms with Gasteiger partial charge in [-0.15, -0.1) is 0 Å². The molecule has 146 valence electrons. The first kappa shape index (κ1) is 18.3. The Labute approximate surface area is 162 Å². The number of rotatable bonds is 4. The Morgan fingerprint density at radius 2 is 1.96 bits per heavy atom. The van der Waals surface area contributed by atoms with Gasteiger partial charge >= 0.3 is 0 Å². The van der Waals surface area contributed by atoms with E-state index in [1.54, 1.807) is 18.2 Å². The summed E-state index contributed by atoms with van der Waals surface area (Å²) < 4.78 is 36.2. The van der Waals surface area contributed by atoms with Gasteiger partial charge in [-0.1, -0.05) is 18.2 Å². The van der Waals surface area contributed by atoms with Crippen molar-refractivity contribution in [3.8, 4) is 11.5 Å². The second kappa shape index (κ2) is 6.83. The van der Waals surface area contributed by atoms with Crippen molar-refractivity contribution in [1.29, 1.82) is 0 Å². The van der Waals surface area contributed by atoms with E-state index in [1.807, 2.05) is 24.3 Å². The number of benzene rings is 2. The number of carbonyl (C=O) groups is 1. The summed E-state index contributed by atoms with van der Waals surface area (Å²) in [5.74, 6) is 1.15. The van der Waals surface area contributed by atoms with Gasteiger partial charge in [0.2, 0.25) is 22.7 Å². The van der Waals surface area contributed by atoms with Crippen LogP contribution in [0, 0.1) is 0 Å². The van der Waals surface area contributed by atoms with Gasteiger partial charge in [-0.2, -0.15) is 5.10 Å². The fourth-order valence-corrected chi connectivity index (χ4v) is 3.89. The van der Waals surface area contributed by atoms with Crippen molar-refractivity contribution in [3.05, 3.63) is 53.6 Å². The summed E-state index contributed by atoms with van der Waals surface area (Å²) in [6.45, 7) is 1.65. The number of anilines is 1. The molecule has 2 aliphatic heterocycles. The molecule has 0 saturated carbocycles. The number of ether oxygens (including phenoxy) is 2. The summed E-state index contributed by atoms with van der Waals surface area (Å²) in [7, 11) is -3.38. The van der Waals surface area contributed by atoms with Crippen LogP contribution in [0.1, 0.15) is 30.5 Å². The summed E-state index contributed by atoms with van der Waals surface area (Å²) >= 11 is 0. The number of carbonyl (C=O) groups excluding carboxylic acids is 1. The van der Waals surface area contributed by atoms with E-state index in [9.17, 15) is 13.2 Å². The highest BCUT2D eigenvalue weighted by molar-refractivity contribution is 7.92. The van der Waals surface area contributed by atoms with E-state index in [-0.39, 0.29) is 18.7 Å². The van der Waals surface area contributed by atoms with Crippen molar-refractivity contribution in [2.75, 3.05) is 17.8 Å². The topological polar surface area (TPSA) is 97.3 Å². The highest BCUT2D eigenvalue weighted by atomic mass is 32.2. The maximum atomic E-state index is 12.2. The minimum atomic E-state index is -3.38. The Kier molecular flexibility index (Phi) is 4.46. The maximum absolute atomic E-state index is 12.2. The number of amides is 1. The molecule has 4 rings (SSSR count). The zero-order valence-electron chi connectivity index (χ0n) is 15.4. The van der Waals surface area contributed by atoms with E-state index in [0.29, 0.717) is 29.3 Å². The number of fused-ring (bicyclic) bond motifs is 1. The number of nitrogens with one attached hydrogen (secondary N) is 1. The molecule has 0 bridgehead atoms. The Morgan fingerprint density at radius 3 is 2.71 bits per heavy atom. The SMILES string of the molecule is CC(=O)N1N=C(c2cccc(NS(C)(=O)=O)c2)C[C@H]1c1ccc2c(c1)OCO2. The normalized spacial score (nSPS) is 18.1. The Hall–Kier alpha value is -3.07. The standard InChI is InChI=1S/C19H19N3O5S/c1-12(23)22-17(14-6-7-18-19(9-14)27-11-26-18)10-16(20-22)13-4-3-5-15(8-13)21-28(2,24)25/h3-9,17,21H,10-11H2,1-2H3/t17-/m0/s1. The molecule has 0 aliphatic carbocycles. The number of hydrazone groups is 1. The molecule has 0 unspecified atom stereocenters. The molecule has 1 N–H and O–H groups in total. The molecule has 2 aliphatic rings. The van der Waals surface area contributed by atoms with Gasteiger partial charge in [0, 0.05) is 19.0 Å². The molecule has 9 heteroatoms. The lowest BCUT2D eigenvalue weighted by atomic mass is 9.98. The molecule has 1 atom stereocenters. The average Bonchev–Trinajstić information content (AvgIpc) is 3.27. The molecule has 1 amide bonds. The van der Waals surface area contributed by atoms with Crippen LogP contribution in [-0.2, 0) is 14.8 Å². The summed E-state index contributed by atoms with van der Waals surface area (Å²) in [5, 5.41) is 5.95. The van der Waals surface area contributed by atoms with Crippen LogP contribution in [0.3, 0.4) is 0 Å². The van der Waals surface area contributed by atoms with Crippen LogP contribution in [0.5, 0.6) is 11.5 Å². The van der Waals surface area contributed by atoms with E-state index < -0.39 is 10.0 Å². The number of hydrogen-bond acceptors (Lipinski definition) is 6. The van der Waals surface area contributed by atoms with Gasteiger partial charge in [0.05, 0.1) is 18.0 Å². The van der Waals surface area contributed by atoms with Crippen molar-refractivity contribution >= 4 is 27.3 Å². The molecule has 2 heterocycles. The molecule has 8 nitrogen and oxygen atoms in total. The van der Waals surface area contributed by atoms with Crippen LogP contribution in [-0.4, -0.2) is 38.1 Å². The van der Waals surface area contributed by atoms with Crippen molar-refractivity contribution in [3.63, 3.8) is 0 Å². The van der Waals surface area contributed by atoms with Crippen molar-refractivity contribution in [1.82, 2.24) is 5.01 Å². The number of hydrogen-bond donors (Lipinski definition) is 1. The van der Waals surface area contributed by atoms with Gasteiger partial charge in [-0.3, -0.25) is 9.52 Å². The molecule has 0 radical (unpaired) electrons. The molecule has 0 aromatic heterocycles. The molecule has 0 spiro atoms. The molecule has 2 aromatic rings. The lowest BCUT2D eigenvalue weighted by Gasteiger charge is -2.20. The van der Waals surface area contributed by atoms with Gasteiger partial charge in [-0.05, 0) is 35.4 Å². The van der Waals surface area contributed by atoms with Gasteiger partial charge in [0.15, 0.2) is 11.5 Å². The molecular weight excluding hydrogens is 382 g/mol. The minimum absolute atomic E-state index is 0.178. The zero-order valence-corrected chi connectivity index (χ0v) is 16.2. The average molecular weight is 401 g/mol. The minimum Gasteiger partial charge on any atom is -0.454 e. The lowest BCUT2D eigenvalue weighted by molar-refractivity contribution is -0.130. The first-order valence-corrected chi connectivity index (χ1v) is 10.5. The highest BCUT2D eigenvalue weighted by Crippen LogP contribution is 2.39. The maximum Gasteiger partial charge on any atom is 0.240 e. The molecular formula is C19H19N3O5S. The molecule has 2 aromatic carbocycles. The zero-order chi connectivity index (χ0) is 19.9. The predicted octanol–water partition coefficient (Wildman–Crippen LogP) is 2.48. The monoisotopic (exact) mass is 401 g/mol. The summed E-state index contributed by atoms with van der Waals surface area (Å²) in [4.78, 5) is 12.2. The second-order valence-corrected chi connectivity index (χ2v) is 8.45. The fourth-order valence-electron chi connectivity index (χ4n) is 3.33. The summed E-state index contributed by atoms with van der Waals surface area (Å²) in [6, 6.07) is 12.3. The first-order chi connectivity index (χ1) is 13.3. The third-order valence-corrected chi connectivity index (χ3v) is 5.12. The largest absolute Gasteiger partial charge is 0.454 e. The Morgan fingerprint density at radius 1 is 1.18 bits per heavy atom. The van der Waals surface area contributed by atoms with E-state index in [4.69, 9.17) is 9.47 Å². The van der Waals surface area contributed by atoms with Gasteiger partial charge in [0.1, 0.15) is 0 Å². The van der Waals surface area contributed by atoms with E-state index >= 15 is 0 Å². The third-order valence-electron chi connectivity index (χ3n) is 4.51. The summed E-state index contributed by atoms with van der Waals surface area (Å²) in [6.07, 6.45) is 1.60. The molecule has 28 heavy (non-hydrogen) atoms. The van der Waals surface area contributed by atoms with Crippen LogP contribution < -0.4 is 14.2 Å². The van der Waals surface area contributed by atoms with Crippen LogP contribution in [0.4, 0.5) is 5.69 Å². The Balaban J connectivity index is 1.64. The van der Waals surface area contributed by atoms with Gasteiger partial charge in [-0.25, -0.2) is 13.4 Å². The fraction of sp³-hybridized carbons (Fsp3) is 0.263. The predicted molar refractivity (Wildman–Crippen MR) is 104 cm³/mol. The van der Waals surface area contributed by atoms with E-state index in [0.717, 1.165) is 17.4 Å². The first-order valence-electron chi connectivity index (χ1n) is 8.65. The van der Waals surface area contributed by atoms with Crippen molar-refractivity contribution < 1.29 is 22.7 Å². The van der Waals surface area contributed by atoms with Crippen molar-refractivity contribution in [2.45, 2.75) is 19.4 Å². The van der Waals surface area contributed by atoms with Gasteiger partial charge < -0.3 is 9.47 Å². The number of sulfonamides is 1. The molecule has 0 saturated heterocycles. The quantitative estimate of drug-likeness (QED) is 0.849. The highest BCUT2D eigenvalue weighted by Gasteiger charge is 2.32. The Bertz CT molecular complexity index is 1080. The third kappa shape index (κ3) is 3.65. The lowest BCUT2D eigenvalue weighted by Crippen LogP contribution is -2.24. The van der Waals surface area contributed by atoms with E-state index in [1.165, 1.54) is 11.9 Å². The summed E-state index contributed by atoms with van der Waals surface area (Å²) in [5.41, 5.74) is 2.80. The van der Waals surface area contributed by atoms with Crippen LogP contribution in [0.15, 0.2) is 47.6 Å². The smallest absolute Gasteiger partial charge is 0.240 e.